The van der Waals surface area contributed by atoms with Gasteiger partial charge in [-0.1, -0.05) is 54.1 Å². The zero-order valence-corrected chi connectivity index (χ0v) is 15.8. The Kier molecular flexibility index (Phi) is 6.53. The molecule has 3 rings (SSSR count). The number of benzene rings is 2. The second-order valence-electron chi connectivity index (χ2n) is 6.76. The minimum atomic E-state index is -0.584. The highest BCUT2D eigenvalue weighted by atomic mass is 35.5. The third-order valence-electron chi connectivity index (χ3n) is 4.61. The molecule has 2 aromatic rings. The van der Waals surface area contributed by atoms with Gasteiger partial charge in [0, 0.05) is 19.1 Å². The molecule has 2 aromatic carbocycles. The van der Waals surface area contributed by atoms with Gasteiger partial charge in [0.05, 0.1) is 5.02 Å². The first-order valence-corrected chi connectivity index (χ1v) is 9.47. The van der Waals surface area contributed by atoms with Crippen LogP contribution in [0.2, 0.25) is 5.02 Å². The van der Waals surface area contributed by atoms with Gasteiger partial charge in [-0.2, -0.15) is 0 Å². The Balaban J connectivity index is 1.51. The zero-order chi connectivity index (χ0) is 18.4. The third kappa shape index (κ3) is 5.23. The van der Waals surface area contributed by atoms with Crippen LogP contribution in [0.4, 0.5) is 0 Å². The summed E-state index contributed by atoms with van der Waals surface area (Å²) in [5.74, 6) is 0.433. The minimum absolute atomic E-state index is 0.100. The first kappa shape index (κ1) is 18.7. The molecule has 4 nitrogen and oxygen atoms in total. The van der Waals surface area contributed by atoms with Gasteiger partial charge in [0.25, 0.3) is 5.91 Å². The van der Waals surface area contributed by atoms with Crippen LogP contribution in [0, 0.1) is 0 Å². The number of nitrogens with one attached hydrogen (secondary N) is 1. The fraction of sp³-hybridized carbons (Fsp3) is 0.381. The van der Waals surface area contributed by atoms with Crippen LogP contribution in [0.3, 0.4) is 0 Å². The zero-order valence-electron chi connectivity index (χ0n) is 15.0. The van der Waals surface area contributed by atoms with E-state index in [1.807, 2.05) is 18.2 Å². The molecule has 0 radical (unpaired) electrons. The van der Waals surface area contributed by atoms with Crippen LogP contribution in [0.5, 0.6) is 5.75 Å². The lowest BCUT2D eigenvalue weighted by molar-refractivity contribution is -0.128. The maximum Gasteiger partial charge on any atom is 0.261 e. The normalized spacial score (nSPS) is 18.9. The Hall–Kier alpha value is -2.04. The molecule has 1 saturated heterocycles. The van der Waals surface area contributed by atoms with Crippen LogP contribution >= 0.6 is 11.6 Å². The quantitative estimate of drug-likeness (QED) is 0.836. The lowest BCUT2D eigenvalue weighted by atomic mass is 10.0. The number of likely N-dealkylation sites (tertiary alicyclic amines) is 1. The summed E-state index contributed by atoms with van der Waals surface area (Å²) < 4.78 is 5.71. The second-order valence-corrected chi connectivity index (χ2v) is 7.17. The third-order valence-corrected chi connectivity index (χ3v) is 4.92. The molecular weight excluding hydrogens is 348 g/mol. The molecule has 0 aliphatic carbocycles. The van der Waals surface area contributed by atoms with Crippen molar-refractivity contribution in [1.82, 2.24) is 10.2 Å². The van der Waals surface area contributed by atoms with Gasteiger partial charge in [0.1, 0.15) is 5.75 Å². The Bertz CT molecular complexity index is 723. The highest BCUT2D eigenvalue weighted by Crippen LogP contribution is 2.24. The molecular formula is C21H25ClN2O2. The summed E-state index contributed by atoms with van der Waals surface area (Å²) in [6.45, 7) is 4.59. The Labute approximate surface area is 160 Å². The number of hydrogen-bond donors (Lipinski definition) is 1. The van der Waals surface area contributed by atoms with Gasteiger partial charge in [0.15, 0.2) is 6.10 Å². The fourth-order valence-electron chi connectivity index (χ4n) is 3.26. The SMILES string of the molecule is CC(Oc1ccccc1Cl)C(=O)NC1CCCN(Cc2ccccc2)C1. The number of amides is 1. The summed E-state index contributed by atoms with van der Waals surface area (Å²) in [5, 5.41) is 3.64. The molecule has 138 valence electrons. The number of ether oxygens (including phenoxy) is 1. The highest BCUT2D eigenvalue weighted by Gasteiger charge is 2.24. The Morgan fingerprint density at radius 2 is 1.96 bits per heavy atom. The summed E-state index contributed by atoms with van der Waals surface area (Å²) in [5.41, 5.74) is 1.30. The first-order valence-electron chi connectivity index (χ1n) is 9.09. The minimum Gasteiger partial charge on any atom is -0.479 e. The van der Waals surface area contributed by atoms with E-state index in [0.717, 1.165) is 32.5 Å². The van der Waals surface area contributed by atoms with Crippen LogP contribution in [0.1, 0.15) is 25.3 Å². The number of nitrogens with zero attached hydrogens (tertiary/aromatic N) is 1. The fourth-order valence-corrected chi connectivity index (χ4v) is 3.44. The van der Waals surface area contributed by atoms with Crippen molar-refractivity contribution in [2.75, 3.05) is 13.1 Å². The summed E-state index contributed by atoms with van der Waals surface area (Å²) in [7, 11) is 0. The number of carbonyl (C=O) groups excluding carboxylic acids is 1. The predicted molar refractivity (Wildman–Crippen MR) is 104 cm³/mol. The van der Waals surface area contributed by atoms with E-state index in [-0.39, 0.29) is 11.9 Å². The van der Waals surface area contributed by atoms with E-state index >= 15 is 0 Å². The highest BCUT2D eigenvalue weighted by molar-refractivity contribution is 6.32. The van der Waals surface area contributed by atoms with Gasteiger partial charge >= 0.3 is 0 Å². The standard InChI is InChI=1S/C21H25ClN2O2/c1-16(26-20-12-6-5-11-19(20)22)21(25)23-18-10-7-13-24(15-18)14-17-8-3-2-4-9-17/h2-6,8-9,11-12,16,18H,7,10,13-15H2,1H3,(H,23,25). The molecule has 26 heavy (non-hydrogen) atoms. The van der Waals surface area contributed by atoms with Crippen LogP contribution < -0.4 is 10.1 Å². The van der Waals surface area contributed by atoms with Crippen LogP contribution in [-0.2, 0) is 11.3 Å². The van der Waals surface area contributed by atoms with E-state index in [0.29, 0.717) is 10.8 Å². The van der Waals surface area contributed by atoms with Crippen molar-refractivity contribution >= 4 is 17.5 Å². The number of para-hydroxylation sites is 1. The summed E-state index contributed by atoms with van der Waals surface area (Å²) in [6.07, 6.45) is 1.49. The number of hydrogen-bond acceptors (Lipinski definition) is 3. The summed E-state index contributed by atoms with van der Waals surface area (Å²) in [6, 6.07) is 17.8. The van der Waals surface area contributed by atoms with Crippen molar-refractivity contribution in [2.45, 2.75) is 38.5 Å². The molecule has 1 heterocycles. The van der Waals surface area contributed by atoms with E-state index in [2.05, 4.69) is 34.5 Å². The predicted octanol–water partition coefficient (Wildman–Crippen LogP) is 3.89. The molecule has 5 heteroatoms. The van der Waals surface area contributed by atoms with Gasteiger partial charge in [-0.25, -0.2) is 0 Å². The van der Waals surface area contributed by atoms with E-state index in [1.165, 1.54) is 5.56 Å². The molecule has 0 bridgehead atoms. The second kappa shape index (κ2) is 9.06. The van der Waals surface area contributed by atoms with Crippen LogP contribution in [0.15, 0.2) is 54.6 Å². The lowest BCUT2D eigenvalue weighted by Gasteiger charge is -2.33. The molecule has 1 aliphatic rings. The molecule has 0 saturated carbocycles. The molecule has 2 unspecified atom stereocenters. The molecule has 0 aromatic heterocycles. The van der Waals surface area contributed by atoms with Crippen molar-refractivity contribution < 1.29 is 9.53 Å². The average Bonchev–Trinajstić information content (AvgIpc) is 2.64. The van der Waals surface area contributed by atoms with Gasteiger partial charge in [-0.05, 0) is 44.0 Å². The van der Waals surface area contributed by atoms with Crippen LogP contribution in [-0.4, -0.2) is 36.0 Å². The maximum atomic E-state index is 12.5. The van der Waals surface area contributed by atoms with Gasteiger partial charge in [0.2, 0.25) is 0 Å². The Morgan fingerprint density at radius 3 is 2.73 bits per heavy atom. The number of halogens is 1. The largest absolute Gasteiger partial charge is 0.479 e. The van der Waals surface area contributed by atoms with E-state index in [9.17, 15) is 4.79 Å². The number of carbonyl (C=O) groups is 1. The van der Waals surface area contributed by atoms with E-state index in [1.54, 1.807) is 19.1 Å². The smallest absolute Gasteiger partial charge is 0.261 e. The molecule has 1 N–H and O–H groups in total. The monoisotopic (exact) mass is 372 g/mol. The van der Waals surface area contributed by atoms with E-state index in [4.69, 9.17) is 16.3 Å². The topological polar surface area (TPSA) is 41.6 Å². The summed E-state index contributed by atoms with van der Waals surface area (Å²) >= 11 is 6.10. The molecule has 1 amide bonds. The first-order chi connectivity index (χ1) is 12.6. The molecule has 0 spiro atoms. The number of rotatable bonds is 6. The molecule has 1 fully saturated rings. The lowest BCUT2D eigenvalue weighted by Crippen LogP contribution is -2.50. The maximum absolute atomic E-state index is 12.5. The van der Waals surface area contributed by atoms with Crippen molar-refractivity contribution in [2.24, 2.45) is 0 Å². The summed E-state index contributed by atoms with van der Waals surface area (Å²) in [4.78, 5) is 14.9. The van der Waals surface area contributed by atoms with E-state index < -0.39 is 6.10 Å². The van der Waals surface area contributed by atoms with Crippen molar-refractivity contribution in [3.63, 3.8) is 0 Å². The van der Waals surface area contributed by atoms with Crippen molar-refractivity contribution in [1.29, 1.82) is 0 Å². The number of piperidine rings is 1. The molecule has 1 aliphatic heterocycles. The van der Waals surface area contributed by atoms with Gasteiger partial charge in [-0.15, -0.1) is 0 Å². The van der Waals surface area contributed by atoms with Crippen molar-refractivity contribution in [3.05, 3.63) is 65.2 Å². The van der Waals surface area contributed by atoms with Gasteiger partial charge in [-0.3, -0.25) is 9.69 Å². The van der Waals surface area contributed by atoms with Gasteiger partial charge < -0.3 is 10.1 Å². The van der Waals surface area contributed by atoms with Crippen molar-refractivity contribution in [3.8, 4) is 5.75 Å². The Morgan fingerprint density at radius 1 is 1.23 bits per heavy atom. The van der Waals surface area contributed by atoms with Crippen LogP contribution in [0.25, 0.3) is 0 Å². The molecule has 2 atom stereocenters. The average molecular weight is 373 g/mol.